The van der Waals surface area contributed by atoms with Crippen molar-refractivity contribution >= 4 is 23.2 Å². The van der Waals surface area contributed by atoms with Crippen LogP contribution in [0.25, 0.3) is 0 Å². The number of allylic oxidation sites excluding steroid dienone is 2. The molecule has 1 aliphatic heterocycles. The zero-order chi connectivity index (χ0) is 22.5. The summed E-state index contributed by atoms with van der Waals surface area (Å²) in [5, 5.41) is 9.41. The number of methoxy groups -OCH3 is 1. The Morgan fingerprint density at radius 3 is 2.57 bits per heavy atom. The van der Waals surface area contributed by atoms with Crippen LogP contribution in [0, 0.1) is 11.2 Å². The molecule has 168 valence electrons. The van der Waals surface area contributed by atoms with Gasteiger partial charge in [0.1, 0.15) is 11.4 Å². The van der Waals surface area contributed by atoms with Crippen LogP contribution in [0.15, 0.2) is 17.7 Å². The number of ether oxygens (including phenoxy) is 2. The number of piperidine rings is 1. The lowest BCUT2D eigenvalue weighted by atomic mass is 9.81. The van der Waals surface area contributed by atoms with E-state index in [4.69, 9.17) is 9.47 Å². The molecule has 5 nitrogen and oxygen atoms in total. The van der Waals surface area contributed by atoms with Crippen molar-refractivity contribution in [3.63, 3.8) is 0 Å². The molecule has 1 aliphatic rings. The second-order valence-electron chi connectivity index (χ2n) is 8.21. The van der Waals surface area contributed by atoms with Crippen molar-refractivity contribution in [2.75, 3.05) is 38.0 Å². The second kappa shape index (κ2) is 10.6. The fourth-order valence-corrected chi connectivity index (χ4v) is 4.32. The summed E-state index contributed by atoms with van der Waals surface area (Å²) in [6.07, 6.45) is 4.51. The molecule has 0 radical (unpaired) electrons. The number of aliphatic hydroxyl groups excluding tert-OH is 1. The van der Waals surface area contributed by atoms with Crippen LogP contribution in [-0.4, -0.2) is 50.2 Å². The lowest BCUT2D eigenvalue weighted by molar-refractivity contribution is -0.114. The molecule has 1 atom stereocenters. The van der Waals surface area contributed by atoms with E-state index >= 15 is 4.39 Å². The van der Waals surface area contributed by atoms with Gasteiger partial charge in [0.05, 0.1) is 13.7 Å². The van der Waals surface area contributed by atoms with Gasteiger partial charge < -0.3 is 19.5 Å². The molecule has 0 amide bonds. The standard InChI is InChI=1S/C23H34FNO4S/c1-7-15(2)21(27)17-12-19(24)20(22(28-5)18(17)13-30-6)25-10-8-23(4,9-11-25)14-29-16(3)26/h7,12,16,26H,8-11,13-14H2,1-6H3/b15-7-. The van der Waals surface area contributed by atoms with Crippen molar-refractivity contribution < 1.29 is 23.8 Å². The average Bonchev–Trinajstić information content (AvgIpc) is 2.73. The van der Waals surface area contributed by atoms with Crippen molar-refractivity contribution in [1.82, 2.24) is 0 Å². The minimum absolute atomic E-state index is 0.0712. The van der Waals surface area contributed by atoms with Gasteiger partial charge in [-0.25, -0.2) is 4.39 Å². The number of benzene rings is 1. The molecule has 30 heavy (non-hydrogen) atoms. The van der Waals surface area contributed by atoms with Crippen molar-refractivity contribution in [3.8, 4) is 5.75 Å². The fourth-order valence-electron chi connectivity index (χ4n) is 3.74. The lowest BCUT2D eigenvalue weighted by Gasteiger charge is -2.41. The fraction of sp³-hybridized carbons (Fsp3) is 0.609. The number of aliphatic hydroxyl groups is 1. The van der Waals surface area contributed by atoms with E-state index in [2.05, 4.69) is 6.92 Å². The van der Waals surface area contributed by atoms with Gasteiger partial charge in [0.2, 0.25) is 0 Å². The number of rotatable bonds is 9. The first-order valence-electron chi connectivity index (χ1n) is 10.3. The Hall–Kier alpha value is -1.57. The monoisotopic (exact) mass is 439 g/mol. The highest BCUT2D eigenvalue weighted by Gasteiger charge is 2.34. The molecule has 0 bridgehead atoms. The summed E-state index contributed by atoms with van der Waals surface area (Å²) in [6, 6.07) is 1.36. The summed E-state index contributed by atoms with van der Waals surface area (Å²) in [5.74, 6) is 0.391. The average molecular weight is 440 g/mol. The number of anilines is 1. The maximum atomic E-state index is 15.3. The molecule has 1 saturated heterocycles. The Labute approximate surface area is 183 Å². The van der Waals surface area contributed by atoms with E-state index in [9.17, 15) is 9.90 Å². The Balaban J connectivity index is 2.40. The smallest absolute Gasteiger partial charge is 0.188 e. The highest BCUT2D eigenvalue weighted by molar-refractivity contribution is 7.97. The van der Waals surface area contributed by atoms with Crippen LogP contribution in [0.2, 0.25) is 0 Å². The van der Waals surface area contributed by atoms with E-state index in [1.807, 2.05) is 11.2 Å². The number of carbonyl (C=O) groups is 1. The predicted octanol–water partition coefficient (Wildman–Crippen LogP) is 4.81. The minimum atomic E-state index is -0.794. The molecule has 0 aromatic heterocycles. The zero-order valence-corrected chi connectivity index (χ0v) is 19.7. The second-order valence-corrected chi connectivity index (χ2v) is 9.07. The first-order valence-corrected chi connectivity index (χ1v) is 11.7. The number of halogens is 1. The summed E-state index contributed by atoms with van der Waals surface area (Å²) >= 11 is 1.57. The molecular formula is C23H34FNO4S. The Bertz CT molecular complexity index is 786. The predicted molar refractivity (Wildman–Crippen MR) is 121 cm³/mol. The van der Waals surface area contributed by atoms with Crippen LogP contribution < -0.4 is 9.64 Å². The molecule has 1 unspecified atom stereocenters. The molecule has 1 N–H and O–H groups in total. The van der Waals surface area contributed by atoms with Gasteiger partial charge in [0.25, 0.3) is 0 Å². The van der Waals surface area contributed by atoms with E-state index in [0.717, 1.165) is 18.4 Å². The topological polar surface area (TPSA) is 59.0 Å². The third-order valence-corrected chi connectivity index (χ3v) is 6.38. The summed E-state index contributed by atoms with van der Waals surface area (Å²) in [5.41, 5.74) is 2.04. The first kappa shape index (κ1) is 24.7. The van der Waals surface area contributed by atoms with Crippen LogP contribution in [0.4, 0.5) is 10.1 Å². The molecule has 1 aromatic carbocycles. The van der Waals surface area contributed by atoms with Gasteiger partial charge in [0, 0.05) is 30.0 Å². The molecule has 1 fully saturated rings. The number of carbonyl (C=O) groups excluding carboxylic acids is 1. The Morgan fingerprint density at radius 1 is 1.43 bits per heavy atom. The van der Waals surface area contributed by atoms with Crippen molar-refractivity contribution in [2.24, 2.45) is 5.41 Å². The highest BCUT2D eigenvalue weighted by atomic mass is 32.2. The van der Waals surface area contributed by atoms with Crippen LogP contribution in [0.1, 0.15) is 56.5 Å². The van der Waals surface area contributed by atoms with Crippen LogP contribution >= 0.6 is 11.8 Å². The van der Waals surface area contributed by atoms with E-state index in [0.29, 0.717) is 48.0 Å². The maximum Gasteiger partial charge on any atom is 0.188 e. The minimum Gasteiger partial charge on any atom is -0.494 e. The van der Waals surface area contributed by atoms with Gasteiger partial charge >= 0.3 is 0 Å². The number of hydrogen-bond acceptors (Lipinski definition) is 6. The van der Waals surface area contributed by atoms with Gasteiger partial charge in [-0.2, -0.15) is 11.8 Å². The molecule has 1 aromatic rings. The molecule has 2 rings (SSSR count). The summed E-state index contributed by atoms with van der Waals surface area (Å²) in [4.78, 5) is 14.8. The van der Waals surface area contributed by atoms with Gasteiger partial charge in [-0.3, -0.25) is 4.79 Å². The van der Waals surface area contributed by atoms with Crippen molar-refractivity contribution in [1.29, 1.82) is 0 Å². The lowest BCUT2D eigenvalue weighted by Crippen LogP contribution is -2.42. The van der Waals surface area contributed by atoms with E-state index in [1.165, 1.54) is 13.2 Å². The third-order valence-electron chi connectivity index (χ3n) is 5.80. The molecule has 0 spiro atoms. The van der Waals surface area contributed by atoms with E-state index in [-0.39, 0.29) is 11.2 Å². The quantitative estimate of drug-likeness (QED) is 0.339. The molecule has 0 saturated carbocycles. The SMILES string of the molecule is C/C=C(/C)C(=O)c1cc(F)c(N2CCC(C)(COC(C)O)CC2)c(OC)c1CSC. The molecule has 0 aliphatic carbocycles. The number of hydrogen-bond donors (Lipinski definition) is 1. The molecule has 7 heteroatoms. The van der Waals surface area contributed by atoms with Gasteiger partial charge in [-0.1, -0.05) is 13.0 Å². The molecular weight excluding hydrogens is 405 g/mol. The maximum absolute atomic E-state index is 15.3. The van der Waals surface area contributed by atoms with Crippen LogP contribution in [0.5, 0.6) is 5.75 Å². The Morgan fingerprint density at radius 2 is 2.07 bits per heavy atom. The Kier molecular flexibility index (Phi) is 8.76. The summed E-state index contributed by atoms with van der Waals surface area (Å²) < 4.78 is 26.4. The number of nitrogens with zero attached hydrogens (tertiary/aromatic N) is 1. The van der Waals surface area contributed by atoms with Gasteiger partial charge in [0.15, 0.2) is 17.9 Å². The van der Waals surface area contributed by atoms with Crippen molar-refractivity contribution in [3.05, 3.63) is 34.7 Å². The van der Waals surface area contributed by atoms with Gasteiger partial charge in [-0.15, -0.1) is 0 Å². The highest BCUT2D eigenvalue weighted by Crippen LogP contribution is 2.42. The van der Waals surface area contributed by atoms with E-state index in [1.54, 1.807) is 38.6 Å². The summed E-state index contributed by atoms with van der Waals surface area (Å²) in [6.45, 7) is 9.02. The first-order chi connectivity index (χ1) is 14.2. The molecule has 1 heterocycles. The number of ketones is 1. The largest absolute Gasteiger partial charge is 0.494 e. The number of Topliss-reactive ketones (excluding diaryl/α,β-unsaturated/α-hetero) is 1. The van der Waals surface area contributed by atoms with Crippen molar-refractivity contribution in [2.45, 2.75) is 52.6 Å². The van der Waals surface area contributed by atoms with Crippen LogP contribution in [0.3, 0.4) is 0 Å². The number of thioether (sulfide) groups is 1. The third kappa shape index (κ3) is 5.56. The van der Waals surface area contributed by atoms with E-state index < -0.39 is 12.1 Å². The normalized spacial score (nSPS) is 17.7. The summed E-state index contributed by atoms with van der Waals surface area (Å²) in [7, 11) is 1.53. The van der Waals surface area contributed by atoms with Gasteiger partial charge in [-0.05, 0) is 56.9 Å². The zero-order valence-electron chi connectivity index (χ0n) is 18.9. The van der Waals surface area contributed by atoms with Crippen LogP contribution in [-0.2, 0) is 10.5 Å².